The minimum absolute atomic E-state index is 0. The SMILES string of the molecule is CCN1CCCC1CN=C(N)NC(C)(C)C.I. The maximum absolute atomic E-state index is 5.85. The zero-order valence-corrected chi connectivity index (χ0v) is 13.8. The summed E-state index contributed by atoms with van der Waals surface area (Å²) in [4.78, 5) is 6.91. The first kappa shape index (κ1) is 17.0. The molecule has 0 aromatic heterocycles. The first-order valence-electron chi connectivity index (χ1n) is 6.24. The Morgan fingerprint density at radius 2 is 2.12 bits per heavy atom. The molecule has 1 atom stereocenters. The van der Waals surface area contributed by atoms with E-state index in [4.69, 9.17) is 5.73 Å². The number of guanidine groups is 1. The van der Waals surface area contributed by atoms with Crippen LogP contribution in [0.5, 0.6) is 0 Å². The van der Waals surface area contributed by atoms with Gasteiger partial charge in [0.1, 0.15) is 0 Å². The molecule has 0 aromatic rings. The van der Waals surface area contributed by atoms with Crippen LogP contribution in [-0.4, -0.2) is 42.1 Å². The molecule has 3 N–H and O–H groups in total. The van der Waals surface area contributed by atoms with E-state index in [1.165, 1.54) is 19.4 Å². The molecular formula is C12H27IN4. The molecule has 1 aliphatic rings. The van der Waals surface area contributed by atoms with E-state index in [9.17, 15) is 0 Å². The van der Waals surface area contributed by atoms with E-state index in [1.54, 1.807) is 0 Å². The van der Waals surface area contributed by atoms with Gasteiger partial charge in [-0.15, -0.1) is 24.0 Å². The molecule has 1 saturated heterocycles. The van der Waals surface area contributed by atoms with Crippen molar-refractivity contribution in [1.29, 1.82) is 0 Å². The molecule has 1 unspecified atom stereocenters. The van der Waals surface area contributed by atoms with Crippen LogP contribution in [0.1, 0.15) is 40.5 Å². The predicted molar refractivity (Wildman–Crippen MR) is 85.1 cm³/mol. The van der Waals surface area contributed by atoms with Gasteiger partial charge in [0.15, 0.2) is 5.96 Å². The van der Waals surface area contributed by atoms with Gasteiger partial charge in [0.05, 0.1) is 6.54 Å². The number of likely N-dealkylation sites (N-methyl/N-ethyl adjacent to an activating group) is 1. The molecule has 0 bridgehead atoms. The molecule has 0 spiro atoms. The van der Waals surface area contributed by atoms with Crippen LogP contribution in [0, 0.1) is 0 Å². The summed E-state index contributed by atoms with van der Waals surface area (Å²) in [5, 5.41) is 3.19. The maximum Gasteiger partial charge on any atom is 0.189 e. The normalized spacial score (nSPS) is 22.4. The largest absolute Gasteiger partial charge is 0.370 e. The van der Waals surface area contributed by atoms with Crippen LogP contribution in [0.15, 0.2) is 4.99 Å². The second kappa shape index (κ2) is 7.41. The van der Waals surface area contributed by atoms with E-state index >= 15 is 0 Å². The van der Waals surface area contributed by atoms with Crippen molar-refractivity contribution in [2.24, 2.45) is 10.7 Å². The number of nitrogens with zero attached hydrogens (tertiary/aromatic N) is 2. The molecule has 0 amide bonds. The third kappa shape index (κ3) is 6.45. The Labute approximate surface area is 122 Å². The average molecular weight is 354 g/mol. The van der Waals surface area contributed by atoms with Crippen molar-refractivity contribution in [2.45, 2.75) is 52.1 Å². The summed E-state index contributed by atoms with van der Waals surface area (Å²) in [5.74, 6) is 0.565. The van der Waals surface area contributed by atoms with Gasteiger partial charge >= 0.3 is 0 Å². The lowest BCUT2D eigenvalue weighted by molar-refractivity contribution is 0.273. The highest BCUT2D eigenvalue weighted by Crippen LogP contribution is 2.16. The highest BCUT2D eigenvalue weighted by atomic mass is 127. The third-order valence-corrected chi connectivity index (χ3v) is 2.88. The van der Waals surface area contributed by atoms with Gasteiger partial charge in [-0.2, -0.15) is 0 Å². The Morgan fingerprint density at radius 1 is 1.47 bits per heavy atom. The maximum atomic E-state index is 5.85. The lowest BCUT2D eigenvalue weighted by Gasteiger charge is -2.23. The fraction of sp³-hybridized carbons (Fsp3) is 0.917. The molecule has 1 aliphatic heterocycles. The van der Waals surface area contributed by atoms with Crippen molar-refractivity contribution in [3.8, 4) is 0 Å². The summed E-state index contributed by atoms with van der Waals surface area (Å²) >= 11 is 0. The number of nitrogens with one attached hydrogen (secondary N) is 1. The minimum atomic E-state index is -0.00625. The number of likely N-dealkylation sites (tertiary alicyclic amines) is 1. The summed E-state index contributed by atoms with van der Waals surface area (Å²) < 4.78 is 0. The van der Waals surface area contributed by atoms with Crippen molar-refractivity contribution in [3.63, 3.8) is 0 Å². The number of aliphatic imine (C=N–C) groups is 1. The first-order chi connectivity index (χ1) is 7.42. The quantitative estimate of drug-likeness (QED) is 0.462. The van der Waals surface area contributed by atoms with Crippen molar-refractivity contribution >= 4 is 29.9 Å². The highest BCUT2D eigenvalue weighted by molar-refractivity contribution is 14.0. The molecule has 1 fully saturated rings. The summed E-state index contributed by atoms with van der Waals surface area (Å²) in [5.41, 5.74) is 5.84. The molecule has 0 aromatic carbocycles. The Morgan fingerprint density at radius 3 is 2.65 bits per heavy atom. The average Bonchev–Trinajstić information content (AvgIpc) is 2.59. The first-order valence-corrected chi connectivity index (χ1v) is 6.24. The molecule has 102 valence electrons. The molecule has 0 aliphatic carbocycles. The van der Waals surface area contributed by atoms with E-state index in [1.807, 2.05) is 0 Å². The molecule has 0 radical (unpaired) electrons. The molecule has 1 heterocycles. The monoisotopic (exact) mass is 354 g/mol. The van der Waals surface area contributed by atoms with Gasteiger partial charge in [-0.05, 0) is 46.7 Å². The summed E-state index contributed by atoms with van der Waals surface area (Å²) in [7, 11) is 0. The van der Waals surface area contributed by atoms with Crippen LogP contribution < -0.4 is 11.1 Å². The summed E-state index contributed by atoms with van der Waals surface area (Å²) in [6, 6.07) is 0.588. The number of hydrogen-bond acceptors (Lipinski definition) is 2. The molecular weight excluding hydrogens is 327 g/mol. The van der Waals surface area contributed by atoms with Crippen LogP contribution in [0.4, 0.5) is 0 Å². The zero-order chi connectivity index (χ0) is 12.2. The van der Waals surface area contributed by atoms with Gasteiger partial charge in [-0.25, -0.2) is 0 Å². The topological polar surface area (TPSA) is 53.6 Å². The van der Waals surface area contributed by atoms with Crippen LogP contribution in [0.2, 0.25) is 0 Å². The highest BCUT2D eigenvalue weighted by Gasteiger charge is 2.22. The van der Waals surface area contributed by atoms with Gasteiger partial charge in [0.25, 0.3) is 0 Å². The number of halogens is 1. The van der Waals surface area contributed by atoms with Crippen molar-refractivity contribution in [3.05, 3.63) is 0 Å². The standard InChI is InChI=1S/C12H26N4.HI/c1-5-16-8-6-7-10(16)9-14-11(13)15-12(2,3)4;/h10H,5-9H2,1-4H3,(H3,13,14,15);1H. The lowest BCUT2D eigenvalue weighted by Crippen LogP contribution is -2.45. The minimum Gasteiger partial charge on any atom is -0.370 e. The van der Waals surface area contributed by atoms with E-state index in [2.05, 4.69) is 42.9 Å². The smallest absolute Gasteiger partial charge is 0.189 e. The Balaban J connectivity index is 0.00000256. The number of nitrogens with two attached hydrogens (primary N) is 1. The van der Waals surface area contributed by atoms with Crippen LogP contribution in [-0.2, 0) is 0 Å². The van der Waals surface area contributed by atoms with Crippen molar-refractivity contribution in [1.82, 2.24) is 10.2 Å². The fourth-order valence-corrected chi connectivity index (χ4v) is 2.15. The molecule has 1 rings (SSSR count). The van der Waals surface area contributed by atoms with Gasteiger partial charge in [-0.3, -0.25) is 9.89 Å². The van der Waals surface area contributed by atoms with Gasteiger partial charge in [0, 0.05) is 11.6 Å². The summed E-state index contributed by atoms with van der Waals surface area (Å²) in [6.07, 6.45) is 2.54. The van der Waals surface area contributed by atoms with Gasteiger partial charge in [-0.1, -0.05) is 6.92 Å². The zero-order valence-electron chi connectivity index (χ0n) is 11.5. The fourth-order valence-electron chi connectivity index (χ4n) is 2.15. The Hall–Kier alpha value is -0.0400. The van der Waals surface area contributed by atoms with Gasteiger partial charge in [0.2, 0.25) is 0 Å². The van der Waals surface area contributed by atoms with Crippen molar-refractivity contribution < 1.29 is 0 Å². The second-order valence-electron chi connectivity index (χ2n) is 5.53. The van der Waals surface area contributed by atoms with E-state index < -0.39 is 0 Å². The van der Waals surface area contributed by atoms with Gasteiger partial charge < -0.3 is 11.1 Å². The van der Waals surface area contributed by atoms with Crippen LogP contribution in [0.25, 0.3) is 0 Å². The van der Waals surface area contributed by atoms with Crippen molar-refractivity contribution in [2.75, 3.05) is 19.6 Å². The molecule has 5 heteroatoms. The molecule has 17 heavy (non-hydrogen) atoms. The van der Waals surface area contributed by atoms with E-state index in [-0.39, 0.29) is 29.5 Å². The van der Waals surface area contributed by atoms with Crippen LogP contribution in [0.3, 0.4) is 0 Å². The van der Waals surface area contributed by atoms with E-state index in [0.717, 1.165) is 13.1 Å². The summed E-state index contributed by atoms with van der Waals surface area (Å²) in [6.45, 7) is 11.6. The Bertz CT molecular complexity index is 247. The van der Waals surface area contributed by atoms with E-state index in [0.29, 0.717) is 12.0 Å². The predicted octanol–water partition coefficient (Wildman–Crippen LogP) is 1.79. The van der Waals surface area contributed by atoms with Crippen LogP contribution >= 0.6 is 24.0 Å². The number of hydrogen-bond donors (Lipinski definition) is 2. The number of rotatable bonds is 3. The third-order valence-electron chi connectivity index (χ3n) is 2.88. The lowest BCUT2D eigenvalue weighted by atomic mass is 10.1. The molecule has 0 saturated carbocycles. The Kier molecular flexibility index (Phi) is 7.39. The molecule has 4 nitrogen and oxygen atoms in total. The second-order valence-corrected chi connectivity index (χ2v) is 5.53.